The lowest BCUT2D eigenvalue weighted by atomic mass is 10.2. The number of hydrogen-bond acceptors (Lipinski definition) is 3. The van der Waals surface area contributed by atoms with Crippen molar-refractivity contribution in [1.29, 1.82) is 0 Å². The second kappa shape index (κ2) is 4.72. The van der Waals surface area contributed by atoms with E-state index in [2.05, 4.69) is 5.16 Å². The summed E-state index contributed by atoms with van der Waals surface area (Å²) in [5, 5.41) is 13.9. The lowest BCUT2D eigenvalue weighted by Gasteiger charge is -1.92. The van der Waals surface area contributed by atoms with Crippen LogP contribution in [0, 0.1) is 0 Å². The number of ether oxygens (including phenoxy) is 1. The quantitative estimate of drug-likeness (QED) is 0.717. The second-order valence-corrected chi connectivity index (χ2v) is 3.01. The maximum absolute atomic E-state index is 10.1. The van der Waals surface area contributed by atoms with Gasteiger partial charge in [-0.3, -0.25) is 0 Å². The Labute approximate surface area is 87.1 Å². The molecule has 4 nitrogen and oxygen atoms in total. The Kier molecular flexibility index (Phi) is 3.11. The van der Waals surface area contributed by atoms with E-state index in [9.17, 15) is 5.11 Å². The first kappa shape index (κ1) is 9.89. The van der Waals surface area contributed by atoms with Crippen LogP contribution in [0.15, 0.2) is 40.9 Å². The topological polar surface area (TPSA) is 55.2 Å². The average Bonchev–Trinajstić information content (AvgIpc) is 2.76. The minimum Gasteiger partial charge on any atom is -0.356 e. The molecule has 0 fully saturated rings. The highest BCUT2D eigenvalue weighted by atomic mass is 16.6. The smallest absolute Gasteiger partial charge is 0.181 e. The van der Waals surface area contributed by atoms with Gasteiger partial charge in [0, 0.05) is 11.6 Å². The van der Waals surface area contributed by atoms with Crippen molar-refractivity contribution in [2.75, 3.05) is 6.79 Å². The predicted octanol–water partition coefficient (Wildman–Crippen LogP) is 2.25. The lowest BCUT2D eigenvalue weighted by molar-refractivity contribution is -0.0537. The molecule has 0 N–H and O–H groups in total. The monoisotopic (exact) mass is 204 g/mol. The summed E-state index contributed by atoms with van der Waals surface area (Å²) in [6.45, 7) is -0.368. The molecular weight excluding hydrogens is 194 g/mol. The van der Waals surface area contributed by atoms with Gasteiger partial charge in [0.05, 0.1) is 6.61 Å². The molecule has 0 aliphatic heterocycles. The van der Waals surface area contributed by atoms with Crippen LogP contribution >= 0.6 is 0 Å². The molecule has 0 aliphatic rings. The van der Waals surface area contributed by atoms with Crippen molar-refractivity contribution >= 4 is 0 Å². The Morgan fingerprint density at radius 2 is 2.07 bits per heavy atom. The van der Waals surface area contributed by atoms with Crippen LogP contribution in [-0.4, -0.2) is 11.9 Å². The first-order valence-corrected chi connectivity index (χ1v) is 4.57. The summed E-state index contributed by atoms with van der Waals surface area (Å²) in [6.07, 6.45) is 0. The molecule has 0 atom stereocenters. The fourth-order valence-electron chi connectivity index (χ4n) is 1.26. The summed E-state index contributed by atoms with van der Waals surface area (Å²) < 4.78 is 9.81. The molecule has 15 heavy (non-hydrogen) atoms. The van der Waals surface area contributed by atoms with Gasteiger partial charge in [-0.25, -0.2) is 5.11 Å². The molecule has 1 aromatic carbocycles. The molecule has 1 heterocycles. The van der Waals surface area contributed by atoms with E-state index in [1.54, 1.807) is 6.07 Å². The SMILES string of the molecule is [O]COCc1cc(-c2ccccc2)on1. The molecule has 1 radical (unpaired) electrons. The predicted molar refractivity (Wildman–Crippen MR) is 52.3 cm³/mol. The van der Waals surface area contributed by atoms with Crippen LogP contribution in [0.5, 0.6) is 0 Å². The fourth-order valence-corrected chi connectivity index (χ4v) is 1.26. The van der Waals surface area contributed by atoms with E-state index in [0.29, 0.717) is 11.5 Å². The van der Waals surface area contributed by atoms with E-state index in [1.165, 1.54) is 0 Å². The van der Waals surface area contributed by atoms with Gasteiger partial charge in [-0.05, 0) is 0 Å². The zero-order valence-corrected chi connectivity index (χ0v) is 8.05. The van der Waals surface area contributed by atoms with Crippen LogP contribution in [0.2, 0.25) is 0 Å². The number of rotatable bonds is 4. The normalized spacial score (nSPS) is 10.5. The summed E-state index contributed by atoms with van der Waals surface area (Å²) in [7, 11) is 0. The third-order valence-electron chi connectivity index (χ3n) is 1.95. The van der Waals surface area contributed by atoms with Crippen LogP contribution < -0.4 is 0 Å². The fraction of sp³-hybridized carbons (Fsp3) is 0.182. The van der Waals surface area contributed by atoms with E-state index >= 15 is 0 Å². The first-order valence-electron chi connectivity index (χ1n) is 4.57. The molecule has 0 bridgehead atoms. The minimum absolute atomic E-state index is 0.194. The summed E-state index contributed by atoms with van der Waals surface area (Å²) >= 11 is 0. The first-order chi connectivity index (χ1) is 7.40. The van der Waals surface area contributed by atoms with Gasteiger partial charge in [0.2, 0.25) is 0 Å². The van der Waals surface area contributed by atoms with Crippen LogP contribution in [0.3, 0.4) is 0 Å². The molecule has 0 unspecified atom stereocenters. The molecule has 1 aromatic heterocycles. The van der Waals surface area contributed by atoms with E-state index < -0.39 is 6.79 Å². The highest BCUT2D eigenvalue weighted by molar-refractivity contribution is 5.56. The number of nitrogens with zero attached hydrogens (tertiary/aromatic N) is 1. The van der Waals surface area contributed by atoms with Crippen molar-refractivity contribution in [3.63, 3.8) is 0 Å². The van der Waals surface area contributed by atoms with Crippen molar-refractivity contribution in [1.82, 2.24) is 5.16 Å². The van der Waals surface area contributed by atoms with Crippen LogP contribution in [0.25, 0.3) is 11.3 Å². The van der Waals surface area contributed by atoms with Crippen molar-refractivity contribution in [2.24, 2.45) is 0 Å². The zero-order valence-electron chi connectivity index (χ0n) is 8.05. The highest BCUT2D eigenvalue weighted by Gasteiger charge is 2.05. The summed E-state index contributed by atoms with van der Waals surface area (Å²) in [5.41, 5.74) is 1.59. The standard InChI is InChI=1S/C11H10NO3/c13-8-14-7-10-6-11(15-12-10)9-4-2-1-3-5-9/h1-6H,7-8H2. The molecule has 0 spiro atoms. The van der Waals surface area contributed by atoms with Gasteiger partial charge in [-0.2, -0.15) is 0 Å². The number of aromatic nitrogens is 1. The number of benzene rings is 1. The molecule has 0 saturated carbocycles. The van der Waals surface area contributed by atoms with E-state index in [0.717, 1.165) is 5.56 Å². The Morgan fingerprint density at radius 1 is 1.27 bits per heavy atom. The molecule has 77 valence electrons. The van der Waals surface area contributed by atoms with Crippen molar-refractivity contribution in [3.05, 3.63) is 42.1 Å². The summed E-state index contributed by atoms with van der Waals surface area (Å²) in [6, 6.07) is 11.4. The van der Waals surface area contributed by atoms with Crippen LogP contribution in [0.4, 0.5) is 0 Å². The van der Waals surface area contributed by atoms with Gasteiger partial charge >= 0.3 is 0 Å². The molecular formula is C11H10NO3. The largest absolute Gasteiger partial charge is 0.356 e. The van der Waals surface area contributed by atoms with E-state index in [1.807, 2.05) is 30.3 Å². The Morgan fingerprint density at radius 3 is 2.80 bits per heavy atom. The Hall–Kier alpha value is -1.65. The van der Waals surface area contributed by atoms with Gasteiger partial charge in [0.15, 0.2) is 12.6 Å². The number of hydrogen-bond donors (Lipinski definition) is 0. The van der Waals surface area contributed by atoms with Gasteiger partial charge in [-0.1, -0.05) is 35.5 Å². The molecule has 0 saturated heterocycles. The average molecular weight is 204 g/mol. The molecule has 2 aromatic rings. The molecule has 2 rings (SSSR count). The van der Waals surface area contributed by atoms with E-state index in [4.69, 9.17) is 9.26 Å². The van der Waals surface area contributed by atoms with E-state index in [-0.39, 0.29) is 6.61 Å². The van der Waals surface area contributed by atoms with Crippen molar-refractivity contribution < 1.29 is 14.4 Å². The second-order valence-electron chi connectivity index (χ2n) is 3.01. The van der Waals surface area contributed by atoms with Gasteiger partial charge in [-0.15, -0.1) is 0 Å². The Balaban J connectivity index is 2.14. The highest BCUT2D eigenvalue weighted by Crippen LogP contribution is 2.19. The third kappa shape index (κ3) is 2.43. The van der Waals surface area contributed by atoms with Crippen molar-refractivity contribution in [2.45, 2.75) is 6.61 Å². The molecule has 4 heteroatoms. The van der Waals surface area contributed by atoms with Gasteiger partial charge < -0.3 is 9.26 Å². The zero-order chi connectivity index (χ0) is 10.5. The summed E-state index contributed by atoms with van der Waals surface area (Å²) in [5.74, 6) is 0.681. The van der Waals surface area contributed by atoms with Gasteiger partial charge in [0.1, 0.15) is 5.69 Å². The third-order valence-corrected chi connectivity index (χ3v) is 1.95. The van der Waals surface area contributed by atoms with Crippen molar-refractivity contribution in [3.8, 4) is 11.3 Å². The Bertz CT molecular complexity index is 411. The van der Waals surface area contributed by atoms with Crippen LogP contribution in [0.1, 0.15) is 5.69 Å². The maximum atomic E-state index is 10.1. The lowest BCUT2D eigenvalue weighted by Crippen LogP contribution is -1.91. The summed E-state index contributed by atoms with van der Waals surface area (Å²) in [4.78, 5) is 0. The molecule has 0 amide bonds. The van der Waals surface area contributed by atoms with Crippen LogP contribution in [-0.2, 0) is 16.5 Å². The maximum Gasteiger partial charge on any atom is 0.181 e. The minimum atomic E-state index is -0.562. The molecule has 0 aliphatic carbocycles. The van der Waals surface area contributed by atoms with Gasteiger partial charge in [0.25, 0.3) is 0 Å².